The first-order valence-corrected chi connectivity index (χ1v) is 14.1. The van der Waals surface area contributed by atoms with Crippen molar-refractivity contribution in [3.8, 4) is 0 Å². The highest BCUT2D eigenvalue weighted by molar-refractivity contribution is 9.10. The molecule has 0 unspecified atom stereocenters. The van der Waals surface area contributed by atoms with Crippen LogP contribution in [-0.4, -0.2) is 32.5 Å². The highest BCUT2D eigenvalue weighted by atomic mass is 79.9. The fourth-order valence-corrected chi connectivity index (χ4v) is 5.36. The molecule has 0 fully saturated rings. The molecule has 3 aromatic carbocycles. The average molecular weight is 670 g/mol. The molecule has 206 valence electrons. The van der Waals surface area contributed by atoms with Gasteiger partial charge in [-0.25, -0.2) is 18.7 Å². The maximum atomic E-state index is 13.9. The SMILES string of the molecule is CC(C)(C)OC(=O)n1c2ccc(Br)cc2c(=O)c2cc3c(cc21)c(=O)c1cc(Br)ccc1n3C(=O)OC(C)(C)C. The smallest absolute Gasteiger partial charge is 0.419 e. The van der Waals surface area contributed by atoms with Crippen molar-refractivity contribution in [2.24, 2.45) is 0 Å². The molecule has 8 nitrogen and oxygen atoms in total. The molecule has 5 rings (SSSR count). The van der Waals surface area contributed by atoms with Crippen LogP contribution in [0.4, 0.5) is 9.59 Å². The number of fused-ring (bicyclic) bond motifs is 4. The minimum absolute atomic E-state index is 0.136. The first-order chi connectivity index (χ1) is 18.6. The van der Waals surface area contributed by atoms with Gasteiger partial charge in [0.15, 0.2) is 10.9 Å². The Bertz CT molecular complexity index is 1880. The monoisotopic (exact) mass is 668 g/mol. The number of hydrogen-bond acceptors (Lipinski definition) is 6. The molecule has 0 bridgehead atoms. The molecule has 2 heterocycles. The van der Waals surface area contributed by atoms with E-state index in [1.807, 2.05) is 0 Å². The van der Waals surface area contributed by atoms with Gasteiger partial charge >= 0.3 is 12.2 Å². The zero-order valence-corrected chi connectivity index (χ0v) is 25.9. The summed E-state index contributed by atoms with van der Waals surface area (Å²) < 4.78 is 15.3. The van der Waals surface area contributed by atoms with Gasteiger partial charge in [0, 0.05) is 30.5 Å². The minimum Gasteiger partial charge on any atom is -0.443 e. The Kier molecular flexibility index (Phi) is 6.70. The summed E-state index contributed by atoms with van der Waals surface area (Å²) in [6, 6.07) is 12.9. The molecule has 0 radical (unpaired) electrons. The zero-order chi connectivity index (χ0) is 29.3. The van der Waals surface area contributed by atoms with Crippen molar-refractivity contribution < 1.29 is 19.1 Å². The topological polar surface area (TPSA) is 96.6 Å². The van der Waals surface area contributed by atoms with Gasteiger partial charge in [-0.1, -0.05) is 31.9 Å². The Morgan fingerprint density at radius 1 is 0.575 bits per heavy atom. The third-order valence-corrected chi connectivity index (χ3v) is 7.11. The lowest BCUT2D eigenvalue weighted by molar-refractivity contribution is 0.0538. The summed E-state index contributed by atoms with van der Waals surface area (Å²) in [4.78, 5) is 54.8. The second-order valence-electron chi connectivity index (χ2n) is 11.5. The van der Waals surface area contributed by atoms with E-state index < -0.39 is 23.4 Å². The highest BCUT2D eigenvalue weighted by Crippen LogP contribution is 2.30. The van der Waals surface area contributed by atoms with E-state index in [9.17, 15) is 19.2 Å². The molecule has 0 saturated heterocycles. The Morgan fingerprint density at radius 3 is 1.23 bits per heavy atom. The summed E-state index contributed by atoms with van der Waals surface area (Å²) in [5, 5.41) is 0.806. The van der Waals surface area contributed by atoms with E-state index in [1.165, 1.54) is 21.3 Å². The van der Waals surface area contributed by atoms with E-state index in [1.54, 1.807) is 77.9 Å². The van der Waals surface area contributed by atoms with Gasteiger partial charge in [0.2, 0.25) is 0 Å². The van der Waals surface area contributed by atoms with Gasteiger partial charge in [-0.3, -0.25) is 9.59 Å². The van der Waals surface area contributed by atoms with Gasteiger partial charge in [-0.05, 0) is 90.1 Å². The van der Waals surface area contributed by atoms with Crippen LogP contribution in [0.15, 0.2) is 67.1 Å². The number of ether oxygens (including phenoxy) is 2. The van der Waals surface area contributed by atoms with Crippen molar-refractivity contribution in [2.45, 2.75) is 52.7 Å². The first kappa shape index (κ1) is 28.0. The maximum absolute atomic E-state index is 13.9. The fraction of sp³-hybridized carbons (Fsp3) is 0.267. The van der Waals surface area contributed by atoms with Crippen molar-refractivity contribution in [1.82, 2.24) is 9.13 Å². The van der Waals surface area contributed by atoms with Crippen LogP contribution >= 0.6 is 31.9 Å². The van der Waals surface area contributed by atoms with Gasteiger partial charge in [-0.2, -0.15) is 0 Å². The van der Waals surface area contributed by atoms with Crippen molar-refractivity contribution in [3.05, 3.63) is 77.9 Å². The van der Waals surface area contributed by atoms with Crippen molar-refractivity contribution in [3.63, 3.8) is 0 Å². The predicted octanol–water partition coefficient (Wildman–Crippen LogP) is 7.71. The molecule has 0 amide bonds. The number of carbonyl (C=O) groups is 2. The third kappa shape index (κ3) is 4.94. The number of aromatic nitrogens is 2. The van der Waals surface area contributed by atoms with Crippen LogP contribution in [0, 0.1) is 0 Å². The summed E-state index contributed by atoms with van der Waals surface area (Å²) in [5.41, 5.74) is -1.36. The normalized spacial score (nSPS) is 12.4. The van der Waals surface area contributed by atoms with Crippen LogP contribution in [0.5, 0.6) is 0 Å². The molecule has 0 aliphatic heterocycles. The van der Waals surface area contributed by atoms with Gasteiger partial charge in [-0.15, -0.1) is 0 Å². The molecular weight excluding hydrogens is 644 g/mol. The lowest BCUT2D eigenvalue weighted by atomic mass is 10.0. The molecule has 40 heavy (non-hydrogen) atoms. The molecular formula is C30H26Br2N2O6. The third-order valence-electron chi connectivity index (χ3n) is 6.13. The molecule has 2 aromatic heterocycles. The van der Waals surface area contributed by atoms with Crippen LogP contribution < -0.4 is 10.9 Å². The number of nitrogens with zero attached hydrogens (tertiary/aromatic N) is 2. The van der Waals surface area contributed by atoms with Gasteiger partial charge in [0.1, 0.15) is 11.2 Å². The average Bonchev–Trinajstić information content (AvgIpc) is 2.82. The Labute approximate surface area is 245 Å². The molecule has 0 aliphatic carbocycles. The zero-order valence-electron chi connectivity index (χ0n) is 22.7. The molecule has 0 N–H and O–H groups in total. The molecule has 10 heteroatoms. The van der Waals surface area contributed by atoms with Crippen molar-refractivity contribution in [1.29, 1.82) is 0 Å². The van der Waals surface area contributed by atoms with E-state index in [0.717, 1.165) is 0 Å². The lowest BCUT2D eigenvalue weighted by Gasteiger charge is -2.23. The number of pyridine rings is 2. The Hall–Kier alpha value is -3.50. The quantitative estimate of drug-likeness (QED) is 0.157. The molecule has 0 atom stereocenters. The van der Waals surface area contributed by atoms with E-state index in [0.29, 0.717) is 20.0 Å². The Morgan fingerprint density at radius 2 is 0.900 bits per heavy atom. The summed E-state index contributed by atoms with van der Waals surface area (Å²) in [7, 11) is 0. The van der Waals surface area contributed by atoms with E-state index in [2.05, 4.69) is 31.9 Å². The lowest BCUT2D eigenvalue weighted by Crippen LogP contribution is -2.29. The number of benzene rings is 3. The molecule has 5 aromatic rings. The fourth-order valence-electron chi connectivity index (χ4n) is 4.64. The van der Waals surface area contributed by atoms with E-state index in [-0.39, 0.29) is 43.4 Å². The van der Waals surface area contributed by atoms with Crippen LogP contribution in [0.1, 0.15) is 41.5 Å². The number of halogens is 2. The van der Waals surface area contributed by atoms with E-state index >= 15 is 0 Å². The largest absolute Gasteiger partial charge is 0.443 e. The van der Waals surface area contributed by atoms with Crippen molar-refractivity contribution >= 4 is 87.7 Å². The number of hydrogen-bond donors (Lipinski definition) is 0. The molecule has 0 spiro atoms. The van der Waals surface area contributed by atoms with Crippen LogP contribution in [0.2, 0.25) is 0 Å². The number of rotatable bonds is 0. The van der Waals surface area contributed by atoms with Gasteiger partial charge in [0.05, 0.1) is 22.1 Å². The summed E-state index contributed by atoms with van der Waals surface area (Å²) in [6.07, 6.45) is -1.42. The molecule has 0 aliphatic rings. The van der Waals surface area contributed by atoms with Crippen LogP contribution in [0.25, 0.3) is 43.6 Å². The van der Waals surface area contributed by atoms with E-state index in [4.69, 9.17) is 9.47 Å². The molecule has 0 saturated carbocycles. The van der Waals surface area contributed by atoms with Gasteiger partial charge in [0.25, 0.3) is 0 Å². The maximum Gasteiger partial charge on any atom is 0.419 e. The summed E-state index contributed by atoms with van der Waals surface area (Å²) in [6.45, 7) is 10.5. The minimum atomic E-state index is -0.822. The second kappa shape index (κ2) is 9.55. The summed E-state index contributed by atoms with van der Waals surface area (Å²) >= 11 is 6.81. The summed E-state index contributed by atoms with van der Waals surface area (Å²) in [5.74, 6) is 0. The van der Waals surface area contributed by atoms with Gasteiger partial charge < -0.3 is 9.47 Å². The highest BCUT2D eigenvalue weighted by Gasteiger charge is 2.26. The first-order valence-electron chi connectivity index (χ1n) is 12.5. The standard InChI is InChI=1S/C30H26Br2N2O6/c1-29(2,3)39-27(37)33-21-9-7-15(31)11-17(21)25(35)19-14-24-20(13-23(19)33)26(36)18-12-16(32)8-10-22(18)34(24)28(38)40-30(4,5)6/h7-14H,1-6H3. The number of carbonyl (C=O) groups excluding carboxylic acids is 2. The van der Waals surface area contributed by atoms with Crippen molar-refractivity contribution in [2.75, 3.05) is 0 Å². The Balaban J connectivity index is 2.02. The second-order valence-corrected chi connectivity index (χ2v) is 13.3. The van der Waals surface area contributed by atoms with Crippen LogP contribution in [-0.2, 0) is 9.47 Å². The van der Waals surface area contributed by atoms with Crippen LogP contribution in [0.3, 0.4) is 0 Å². The predicted molar refractivity (Wildman–Crippen MR) is 164 cm³/mol.